The molecule has 0 aliphatic rings. The van der Waals surface area contributed by atoms with E-state index in [9.17, 15) is 9.59 Å². The van der Waals surface area contributed by atoms with Crippen LogP contribution in [0.5, 0.6) is 0 Å². The van der Waals surface area contributed by atoms with Crippen LogP contribution in [-0.4, -0.2) is 18.9 Å². The van der Waals surface area contributed by atoms with Gasteiger partial charge in [-0.15, -0.1) is 0 Å². The summed E-state index contributed by atoms with van der Waals surface area (Å²) < 4.78 is 4.46. The molecule has 94 valence electrons. The molecular formula is C13H24O3. The summed E-state index contributed by atoms with van der Waals surface area (Å²) in [4.78, 5) is 22.4. The third-order valence-corrected chi connectivity index (χ3v) is 3.63. The summed E-state index contributed by atoms with van der Waals surface area (Å²) in [5, 5.41) is 0. The van der Waals surface area contributed by atoms with Crippen molar-refractivity contribution in [2.24, 2.45) is 10.8 Å². The molecule has 3 nitrogen and oxygen atoms in total. The van der Waals surface area contributed by atoms with Gasteiger partial charge in [0.05, 0.1) is 7.11 Å². The molecule has 16 heavy (non-hydrogen) atoms. The van der Waals surface area contributed by atoms with Crippen molar-refractivity contribution in [2.45, 2.75) is 53.9 Å². The molecule has 0 aromatic heterocycles. The maximum atomic E-state index is 11.5. The second-order valence-electron chi connectivity index (χ2n) is 5.93. The van der Waals surface area contributed by atoms with Crippen molar-refractivity contribution in [3.8, 4) is 0 Å². The first kappa shape index (κ1) is 15.1. The molecule has 0 radical (unpaired) electrons. The lowest BCUT2D eigenvalue weighted by Crippen LogP contribution is -2.30. The Balaban J connectivity index is 4.16. The van der Waals surface area contributed by atoms with Gasteiger partial charge in [-0.25, -0.2) is 0 Å². The van der Waals surface area contributed by atoms with Crippen molar-refractivity contribution in [1.82, 2.24) is 0 Å². The largest absolute Gasteiger partial charge is 0.469 e. The Morgan fingerprint density at radius 1 is 1.06 bits per heavy atom. The molecule has 0 N–H and O–H groups in total. The average molecular weight is 228 g/mol. The SMILES string of the molecule is COC(=O)CC(=O)CCC(C)(C)C(C)(C)C. The van der Waals surface area contributed by atoms with Crippen molar-refractivity contribution >= 4 is 11.8 Å². The zero-order valence-corrected chi connectivity index (χ0v) is 11.3. The second kappa shape index (κ2) is 5.46. The van der Waals surface area contributed by atoms with E-state index in [1.807, 2.05) is 0 Å². The standard InChI is InChI=1S/C13H24O3/c1-12(2,3)13(4,5)8-7-10(14)9-11(15)16-6/h7-9H2,1-6H3. The lowest BCUT2D eigenvalue weighted by Gasteiger charge is -2.38. The maximum Gasteiger partial charge on any atom is 0.313 e. The van der Waals surface area contributed by atoms with Gasteiger partial charge in [-0.05, 0) is 17.3 Å². The van der Waals surface area contributed by atoms with Crippen molar-refractivity contribution < 1.29 is 14.3 Å². The van der Waals surface area contributed by atoms with E-state index < -0.39 is 5.97 Å². The van der Waals surface area contributed by atoms with E-state index in [0.717, 1.165) is 6.42 Å². The van der Waals surface area contributed by atoms with E-state index in [1.54, 1.807) is 0 Å². The molecule has 0 aliphatic carbocycles. The molecule has 0 aromatic carbocycles. The van der Waals surface area contributed by atoms with Crippen LogP contribution in [0.15, 0.2) is 0 Å². The van der Waals surface area contributed by atoms with Crippen molar-refractivity contribution in [1.29, 1.82) is 0 Å². The summed E-state index contributed by atoms with van der Waals surface area (Å²) in [7, 11) is 1.30. The Kier molecular flexibility index (Phi) is 5.17. The maximum absolute atomic E-state index is 11.5. The third-order valence-electron chi connectivity index (χ3n) is 3.63. The van der Waals surface area contributed by atoms with Gasteiger partial charge in [-0.3, -0.25) is 9.59 Å². The topological polar surface area (TPSA) is 43.4 Å². The fraction of sp³-hybridized carbons (Fsp3) is 0.846. The molecule has 3 heteroatoms. The van der Waals surface area contributed by atoms with E-state index in [0.29, 0.717) is 6.42 Å². The first-order valence-corrected chi connectivity index (χ1v) is 5.68. The number of Topliss-reactive ketones (excluding diaryl/α,β-unsaturated/α-hetero) is 1. The summed E-state index contributed by atoms with van der Waals surface area (Å²) in [5.41, 5.74) is 0.233. The van der Waals surface area contributed by atoms with Crippen LogP contribution in [0.2, 0.25) is 0 Å². The quantitative estimate of drug-likeness (QED) is 0.536. The molecular weight excluding hydrogens is 204 g/mol. The van der Waals surface area contributed by atoms with Gasteiger partial charge < -0.3 is 4.74 Å². The fourth-order valence-electron chi connectivity index (χ4n) is 1.15. The highest BCUT2D eigenvalue weighted by Gasteiger charge is 2.32. The third kappa shape index (κ3) is 4.77. The first-order chi connectivity index (χ1) is 7.10. The van der Waals surface area contributed by atoms with Crippen molar-refractivity contribution in [2.75, 3.05) is 7.11 Å². The van der Waals surface area contributed by atoms with Gasteiger partial charge in [-0.1, -0.05) is 34.6 Å². The van der Waals surface area contributed by atoms with Gasteiger partial charge in [-0.2, -0.15) is 0 Å². The predicted molar refractivity (Wildman–Crippen MR) is 64.1 cm³/mol. The number of ether oxygens (including phenoxy) is 1. The highest BCUT2D eigenvalue weighted by molar-refractivity contribution is 5.95. The zero-order chi connectivity index (χ0) is 13.0. The van der Waals surface area contributed by atoms with E-state index in [2.05, 4.69) is 39.4 Å². The molecule has 0 saturated carbocycles. The summed E-state index contributed by atoms with van der Waals surface area (Å²) in [5.74, 6) is -0.484. The number of ketones is 1. The molecule has 0 heterocycles. The zero-order valence-electron chi connectivity index (χ0n) is 11.3. The fourth-order valence-corrected chi connectivity index (χ4v) is 1.15. The first-order valence-electron chi connectivity index (χ1n) is 5.68. The van der Waals surface area contributed by atoms with Gasteiger partial charge in [0.15, 0.2) is 0 Å². The Morgan fingerprint density at radius 3 is 1.94 bits per heavy atom. The lowest BCUT2D eigenvalue weighted by molar-refractivity contribution is -0.143. The van der Waals surface area contributed by atoms with Crippen LogP contribution < -0.4 is 0 Å². The molecule has 0 rings (SSSR count). The number of hydrogen-bond acceptors (Lipinski definition) is 3. The van der Waals surface area contributed by atoms with Gasteiger partial charge in [0, 0.05) is 6.42 Å². The molecule has 0 amide bonds. The highest BCUT2D eigenvalue weighted by Crippen LogP contribution is 2.41. The smallest absolute Gasteiger partial charge is 0.313 e. The van der Waals surface area contributed by atoms with E-state index >= 15 is 0 Å². The van der Waals surface area contributed by atoms with Gasteiger partial charge >= 0.3 is 5.97 Å². The van der Waals surface area contributed by atoms with Crippen LogP contribution in [-0.2, 0) is 14.3 Å². The van der Waals surface area contributed by atoms with Crippen molar-refractivity contribution in [3.63, 3.8) is 0 Å². The Labute approximate surface area is 98.6 Å². The number of methoxy groups -OCH3 is 1. The number of carbonyl (C=O) groups is 2. The Bertz CT molecular complexity index is 259. The summed E-state index contributed by atoms with van der Waals surface area (Å²) in [6.45, 7) is 10.8. The minimum absolute atomic E-state index is 0.0378. The molecule has 0 atom stereocenters. The minimum Gasteiger partial charge on any atom is -0.469 e. The van der Waals surface area contributed by atoms with Crippen LogP contribution >= 0.6 is 0 Å². The Morgan fingerprint density at radius 2 is 1.56 bits per heavy atom. The molecule has 0 unspecified atom stereocenters. The summed E-state index contributed by atoms with van der Waals surface area (Å²) >= 11 is 0. The average Bonchev–Trinajstić information content (AvgIpc) is 2.13. The number of rotatable bonds is 5. The number of hydrogen-bond donors (Lipinski definition) is 0. The van der Waals surface area contributed by atoms with Crippen LogP contribution in [0.1, 0.15) is 53.9 Å². The molecule has 0 saturated heterocycles. The summed E-state index contributed by atoms with van der Waals surface area (Å²) in [6, 6.07) is 0. The highest BCUT2D eigenvalue weighted by atomic mass is 16.5. The molecule has 0 aliphatic heterocycles. The van der Waals surface area contributed by atoms with E-state index in [1.165, 1.54) is 7.11 Å². The van der Waals surface area contributed by atoms with E-state index in [4.69, 9.17) is 0 Å². The number of carbonyl (C=O) groups excluding carboxylic acids is 2. The molecule has 0 bridgehead atoms. The van der Waals surface area contributed by atoms with Crippen LogP contribution in [0.4, 0.5) is 0 Å². The molecule has 0 fully saturated rings. The van der Waals surface area contributed by atoms with Crippen LogP contribution in [0.3, 0.4) is 0 Å². The lowest BCUT2D eigenvalue weighted by atomic mass is 9.66. The monoisotopic (exact) mass is 228 g/mol. The van der Waals surface area contributed by atoms with Gasteiger partial charge in [0.25, 0.3) is 0 Å². The Hall–Kier alpha value is -0.860. The van der Waals surface area contributed by atoms with Gasteiger partial charge in [0.1, 0.15) is 12.2 Å². The van der Waals surface area contributed by atoms with Gasteiger partial charge in [0.2, 0.25) is 0 Å². The number of esters is 1. The summed E-state index contributed by atoms with van der Waals surface area (Å²) in [6.07, 6.45) is 1.14. The van der Waals surface area contributed by atoms with E-state index in [-0.39, 0.29) is 23.0 Å². The van der Waals surface area contributed by atoms with Crippen LogP contribution in [0.25, 0.3) is 0 Å². The van der Waals surface area contributed by atoms with Crippen LogP contribution in [0, 0.1) is 10.8 Å². The minimum atomic E-state index is -0.446. The molecule has 0 aromatic rings. The second-order valence-corrected chi connectivity index (χ2v) is 5.93. The normalized spacial score (nSPS) is 12.4. The predicted octanol–water partition coefficient (Wildman–Crippen LogP) is 2.97. The molecule has 0 spiro atoms. The van der Waals surface area contributed by atoms with Crippen molar-refractivity contribution in [3.05, 3.63) is 0 Å².